The molecule has 1 aromatic heterocycles. The Balaban J connectivity index is 1.76. The van der Waals surface area contributed by atoms with Crippen LogP contribution in [0.4, 0.5) is 0 Å². The Kier molecular flexibility index (Phi) is 5.99. The highest BCUT2D eigenvalue weighted by Crippen LogP contribution is 2.18. The number of pyridine rings is 1. The van der Waals surface area contributed by atoms with Crippen LogP contribution in [0.1, 0.15) is 20.3 Å². The Morgan fingerprint density at radius 2 is 2.38 bits per heavy atom. The predicted molar refractivity (Wildman–Crippen MR) is 82.0 cm³/mol. The van der Waals surface area contributed by atoms with Crippen LogP contribution in [0.5, 0.6) is 5.75 Å². The smallest absolute Gasteiger partial charge is 0.224 e. The Bertz CT molecular complexity index is 436. The predicted octanol–water partition coefficient (Wildman–Crippen LogP) is 1.46. The summed E-state index contributed by atoms with van der Waals surface area (Å²) < 4.78 is 5.74. The molecule has 2 atom stereocenters. The minimum Gasteiger partial charge on any atom is -0.492 e. The van der Waals surface area contributed by atoms with E-state index in [1.165, 1.54) is 0 Å². The SMILES string of the molecule is CC(C)CNC(=O)[C@H]1CNC[C@@H](COc2cccnc2)C1. The second kappa shape index (κ2) is 7.98. The van der Waals surface area contributed by atoms with E-state index in [4.69, 9.17) is 4.74 Å². The van der Waals surface area contributed by atoms with Gasteiger partial charge in [-0.3, -0.25) is 9.78 Å². The minimum atomic E-state index is 0.0417. The van der Waals surface area contributed by atoms with Crippen LogP contribution in [-0.2, 0) is 4.79 Å². The summed E-state index contributed by atoms with van der Waals surface area (Å²) in [5.74, 6) is 1.81. The molecule has 2 N–H and O–H groups in total. The van der Waals surface area contributed by atoms with Crippen LogP contribution in [0.25, 0.3) is 0 Å². The fourth-order valence-corrected chi connectivity index (χ4v) is 2.45. The van der Waals surface area contributed by atoms with Crippen molar-refractivity contribution in [3.63, 3.8) is 0 Å². The zero-order chi connectivity index (χ0) is 15.1. The molecule has 1 aliphatic heterocycles. The summed E-state index contributed by atoms with van der Waals surface area (Å²) in [6.07, 6.45) is 4.31. The summed E-state index contributed by atoms with van der Waals surface area (Å²) in [5.41, 5.74) is 0. The van der Waals surface area contributed by atoms with Gasteiger partial charge in [0.25, 0.3) is 0 Å². The molecule has 0 bridgehead atoms. The average molecular weight is 291 g/mol. The molecule has 1 aliphatic rings. The van der Waals surface area contributed by atoms with Crippen LogP contribution in [0.2, 0.25) is 0 Å². The number of ether oxygens (including phenoxy) is 1. The molecule has 5 nitrogen and oxygen atoms in total. The third-order valence-electron chi connectivity index (χ3n) is 3.62. The molecule has 0 aromatic carbocycles. The molecule has 2 heterocycles. The van der Waals surface area contributed by atoms with E-state index < -0.39 is 0 Å². The number of hydrogen-bond acceptors (Lipinski definition) is 4. The molecule has 0 spiro atoms. The number of amides is 1. The number of carbonyl (C=O) groups is 1. The van der Waals surface area contributed by atoms with Crippen LogP contribution in [0, 0.1) is 17.8 Å². The Hall–Kier alpha value is -1.62. The molecule has 1 amide bonds. The lowest BCUT2D eigenvalue weighted by molar-refractivity contribution is -0.126. The summed E-state index contributed by atoms with van der Waals surface area (Å²) in [6, 6.07) is 3.76. The van der Waals surface area contributed by atoms with E-state index in [1.807, 2.05) is 12.1 Å². The average Bonchev–Trinajstić information content (AvgIpc) is 2.52. The first-order valence-corrected chi connectivity index (χ1v) is 7.66. The largest absolute Gasteiger partial charge is 0.492 e. The first-order valence-electron chi connectivity index (χ1n) is 7.66. The molecule has 0 aliphatic carbocycles. The van der Waals surface area contributed by atoms with Crippen LogP contribution in [-0.4, -0.2) is 37.1 Å². The number of aromatic nitrogens is 1. The van der Waals surface area contributed by atoms with Gasteiger partial charge in [0.2, 0.25) is 5.91 Å². The fourth-order valence-electron chi connectivity index (χ4n) is 2.45. The second-order valence-corrected chi connectivity index (χ2v) is 6.10. The van der Waals surface area contributed by atoms with Gasteiger partial charge in [-0.15, -0.1) is 0 Å². The Labute approximate surface area is 126 Å². The third kappa shape index (κ3) is 5.34. The van der Waals surface area contributed by atoms with Gasteiger partial charge in [0.1, 0.15) is 5.75 Å². The van der Waals surface area contributed by atoms with Gasteiger partial charge in [-0.2, -0.15) is 0 Å². The summed E-state index contributed by atoms with van der Waals surface area (Å²) in [7, 11) is 0. The summed E-state index contributed by atoms with van der Waals surface area (Å²) in [4.78, 5) is 16.1. The van der Waals surface area contributed by atoms with Crippen molar-refractivity contribution in [2.75, 3.05) is 26.2 Å². The van der Waals surface area contributed by atoms with E-state index in [9.17, 15) is 4.79 Å². The van der Waals surface area contributed by atoms with Gasteiger partial charge in [-0.05, 0) is 24.5 Å². The van der Waals surface area contributed by atoms with Crippen LogP contribution < -0.4 is 15.4 Å². The fraction of sp³-hybridized carbons (Fsp3) is 0.625. The minimum absolute atomic E-state index is 0.0417. The van der Waals surface area contributed by atoms with E-state index in [0.29, 0.717) is 18.4 Å². The molecule has 1 aromatic rings. The molecular formula is C16H25N3O2. The highest BCUT2D eigenvalue weighted by Gasteiger charge is 2.27. The van der Waals surface area contributed by atoms with Crippen molar-refractivity contribution in [1.29, 1.82) is 0 Å². The number of carbonyl (C=O) groups excluding carboxylic acids is 1. The Morgan fingerprint density at radius 1 is 1.52 bits per heavy atom. The van der Waals surface area contributed by atoms with Gasteiger partial charge in [-0.25, -0.2) is 0 Å². The monoisotopic (exact) mass is 291 g/mol. The lowest BCUT2D eigenvalue weighted by atomic mass is 9.90. The molecular weight excluding hydrogens is 266 g/mol. The molecule has 1 saturated heterocycles. The first kappa shape index (κ1) is 15.8. The highest BCUT2D eigenvalue weighted by molar-refractivity contribution is 5.79. The molecule has 21 heavy (non-hydrogen) atoms. The second-order valence-electron chi connectivity index (χ2n) is 6.10. The number of piperidine rings is 1. The summed E-state index contributed by atoms with van der Waals surface area (Å²) in [5, 5.41) is 6.35. The van der Waals surface area contributed by atoms with Gasteiger partial charge in [0.05, 0.1) is 18.7 Å². The normalized spacial score (nSPS) is 22.0. The number of hydrogen-bond donors (Lipinski definition) is 2. The maximum absolute atomic E-state index is 12.1. The number of rotatable bonds is 6. The van der Waals surface area contributed by atoms with Crippen molar-refractivity contribution >= 4 is 5.91 Å². The summed E-state index contributed by atoms with van der Waals surface area (Å²) >= 11 is 0. The van der Waals surface area contributed by atoms with Crippen molar-refractivity contribution in [1.82, 2.24) is 15.6 Å². The first-order chi connectivity index (χ1) is 10.1. The molecule has 0 radical (unpaired) electrons. The van der Waals surface area contributed by atoms with Crippen molar-refractivity contribution in [2.24, 2.45) is 17.8 Å². The molecule has 5 heteroatoms. The summed E-state index contributed by atoms with van der Waals surface area (Å²) in [6.45, 7) is 7.22. The van der Waals surface area contributed by atoms with Crippen LogP contribution in [0.15, 0.2) is 24.5 Å². The van der Waals surface area contributed by atoms with Crippen LogP contribution >= 0.6 is 0 Å². The third-order valence-corrected chi connectivity index (χ3v) is 3.62. The van der Waals surface area contributed by atoms with Gasteiger partial charge in [0, 0.05) is 31.7 Å². The van der Waals surface area contributed by atoms with Crippen molar-refractivity contribution in [3.05, 3.63) is 24.5 Å². The number of nitrogens with zero attached hydrogens (tertiary/aromatic N) is 1. The van der Waals surface area contributed by atoms with Gasteiger partial charge in [0.15, 0.2) is 0 Å². The van der Waals surface area contributed by atoms with E-state index in [-0.39, 0.29) is 11.8 Å². The topological polar surface area (TPSA) is 63.2 Å². The quantitative estimate of drug-likeness (QED) is 0.833. The van der Waals surface area contributed by atoms with Crippen molar-refractivity contribution < 1.29 is 9.53 Å². The molecule has 116 valence electrons. The maximum atomic E-state index is 12.1. The zero-order valence-corrected chi connectivity index (χ0v) is 12.8. The van der Waals surface area contributed by atoms with E-state index >= 15 is 0 Å². The maximum Gasteiger partial charge on any atom is 0.224 e. The molecule has 0 saturated carbocycles. The zero-order valence-electron chi connectivity index (χ0n) is 12.8. The van der Waals surface area contributed by atoms with Gasteiger partial charge >= 0.3 is 0 Å². The molecule has 0 unspecified atom stereocenters. The van der Waals surface area contributed by atoms with Crippen LogP contribution in [0.3, 0.4) is 0 Å². The highest BCUT2D eigenvalue weighted by atomic mass is 16.5. The lowest BCUT2D eigenvalue weighted by Gasteiger charge is -2.29. The van der Waals surface area contributed by atoms with Gasteiger partial charge < -0.3 is 15.4 Å². The van der Waals surface area contributed by atoms with E-state index in [1.54, 1.807) is 12.4 Å². The Morgan fingerprint density at radius 3 is 3.10 bits per heavy atom. The standard InChI is InChI=1S/C16H25N3O2/c1-12(2)7-19-16(20)14-6-13(8-18-9-14)11-21-15-4-3-5-17-10-15/h3-5,10,12-14,18H,6-9,11H2,1-2H3,(H,19,20)/t13-,14+/m0/s1. The van der Waals surface area contributed by atoms with Crippen molar-refractivity contribution in [3.8, 4) is 5.75 Å². The number of nitrogens with one attached hydrogen (secondary N) is 2. The van der Waals surface area contributed by atoms with E-state index in [0.717, 1.165) is 31.8 Å². The molecule has 1 fully saturated rings. The van der Waals surface area contributed by atoms with E-state index in [2.05, 4.69) is 29.5 Å². The van der Waals surface area contributed by atoms with Crippen molar-refractivity contribution in [2.45, 2.75) is 20.3 Å². The van der Waals surface area contributed by atoms with Gasteiger partial charge in [-0.1, -0.05) is 13.8 Å². The lowest BCUT2D eigenvalue weighted by Crippen LogP contribution is -2.46. The molecule has 2 rings (SSSR count).